The maximum absolute atomic E-state index is 2.32. The minimum absolute atomic E-state index is 0.999. The molecular weight excluding hydrogens is 240 g/mol. The Morgan fingerprint density at radius 1 is 0.850 bits per heavy atom. The lowest BCUT2D eigenvalue weighted by Gasteiger charge is -2.28. The summed E-state index contributed by atoms with van der Waals surface area (Å²) in [4.78, 5) is 0. The number of hydrogen-bond donors (Lipinski definition) is 0. The maximum Gasteiger partial charge on any atom is -0.0276 e. The highest BCUT2D eigenvalue weighted by atomic mass is 14.3. The first-order chi connectivity index (χ1) is 9.78. The van der Waals surface area contributed by atoms with Crippen molar-refractivity contribution in [3.05, 3.63) is 35.4 Å². The Bertz CT molecular complexity index is 328. The van der Waals surface area contributed by atoms with Crippen molar-refractivity contribution in [1.82, 2.24) is 0 Å². The molecule has 0 heteroatoms. The monoisotopic (exact) mass is 274 g/mol. The Morgan fingerprint density at radius 3 is 1.85 bits per heavy atom. The molecular formula is C20H34. The lowest BCUT2D eigenvalue weighted by atomic mass is 9.78. The van der Waals surface area contributed by atoms with E-state index in [4.69, 9.17) is 0 Å². The zero-order valence-electron chi connectivity index (χ0n) is 14.1. The highest BCUT2D eigenvalue weighted by Gasteiger charge is 2.20. The Morgan fingerprint density at radius 2 is 1.35 bits per heavy atom. The van der Waals surface area contributed by atoms with Crippen molar-refractivity contribution >= 4 is 0 Å². The zero-order chi connectivity index (χ0) is 14.8. The van der Waals surface area contributed by atoms with E-state index in [1.807, 2.05) is 13.8 Å². The molecule has 1 aromatic carbocycles. The molecule has 1 aliphatic carbocycles. The molecule has 0 saturated heterocycles. The van der Waals surface area contributed by atoms with Gasteiger partial charge in [-0.05, 0) is 37.2 Å². The van der Waals surface area contributed by atoms with E-state index >= 15 is 0 Å². The van der Waals surface area contributed by atoms with Crippen LogP contribution >= 0.6 is 0 Å². The standard InChI is InChI=1S/C18H28.C2H6/c1-3-4-16-9-11-18(12-10-16)14-13-17-7-5-15(2)6-8-17;1-2/h5-8,16,18H,3-4,9-14H2,1-2H3;1-2H3. The Kier molecular flexibility index (Phi) is 8.65. The average molecular weight is 274 g/mol. The first kappa shape index (κ1) is 17.3. The van der Waals surface area contributed by atoms with Gasteiger partial charge in [0.1, 0.15) is 0 Å². The smallest absolute Gasteiger partial charge is 0.0276 e. The molecule has 0 amide bonds. The van der Waals surface area contributed by atoms with E-state index in [1.54, 1.807) is 0 Å². The Hall–Kier alpha value is -0.780. The molecule has 1 saturated carbocycles. The summed E-state index contributed by atoms with van der Waals surface area (Å²) in [5.41, 5.74) is 2.90. The number of benzene rings is 1. The summed E-state index contributed by atoms with van der Waals surface area (Å²) in [6.07, 6.45) is 11.5. The van der Waals surface area contributed by atoms with E-state index in [-0.39, 0.29) is 0 Å². The Labute approximate surface area is 127 Å². The summed E-state index contributed by atoms with van der Waals surface area (Å²) in [6, 6.07) is 9.09. The second-order valence-electron chi connectivity index (χ2n) is 6.20. The third-order valence-electron chi connectivity index (χ3n) is 4.63. The normalized spacial score (nSPS) is 22.0. The van der Waals surface area contributed by atoms with Gasteiger partial charge in [-0.2, -0.15) is 0 Å². The van der Waals surface area contributed by atoms with Gasteiger partial charge in [0.05, 0.1) is 0 Å². The van der Waals surface area contributed by atoms with Crippen molar-refractivity contribution < 1.29 is 0 Å². The van der Waals surface area contributed by atoms with Crippen LogP contribution in [0.4, 0.5) is 0 Å². The van der Waals surface area contributed by atoms with Crippen molar-refractivity contribution in [1.29, 1.82) is 0 Å². The van der Waals surface area contributed by atoms with E-state index in [0.717, 1.165) is 11.8 Å². The van der Waals surface area contributed by atoms with Crippen molar-refractivity contribution in [2.24, 2.45) is 11.8 Å². The van der Waals surface area contributed by atoms with Crippen LogP contribution in [-0.2, 0) is 6.42 Å². The molecule has 2 rings (SSSR count). The van der Waals surface area contributed by atoms with Crippen LogP contribution in [0.1, 0.15) is 76.8 Å². The summed E-state index contributed by atoms with van der Waals surface area (Å²) in [5.74, 6) is 2.05. The van der Waals surface area contributed by atoms with Gasteiger partial charge in [-0.3, -0.25) is 0 Å². The quantitative estimate of drug-likeness (QED) is 0.570. The van der Waals surface area contributed by atoms with Gasteiger partial charge in [-0.15, -0.1) is 0 Å². The molecule has 0 N–H and O–H groups in total. The van der Waals surface area contributed by atoms with Crippen LogP contribution in [0.2, 0.25) is 0 Å². The first-order valence-electron chi connectivity index (χ1n) is 8.83. The summed E-state index contributed by atoms with van der Waals surface area (Å²) in [5, 5.41) is 0. The fourth-order valence-corrected chi connectivity index (χ4v) is 3.34. The summed E-state index contributed by atoms with van der Waals surface area (Å²) in [7, 11) is 0. The predicted molar refractivity (Wildman–Crippen MR) is 91.2 cm³/mol. The van der Waals surface area contributed by atoms with Crippen LogP contribution in [0, 0.1) is 18.8 Å². The van der Waals surface area contributed by atoms with E-state index in [2.05, 4.69) is 38.1 Å². The van der Waals surface area contributed by atoms with Gasteiger partial charge in [-0.1, -0.05) is 89.1 Å². The van der Waals surface area contributed by atoms with Crippen LogP contribution < -0.4 is 0 Å². The largest absolute Gasteiger partial charge is 0.0683 e. The van der Waals surface area contributed by atoms with Crippen molar-refractivity contribution in [2.45, 2.75) is 79.1 Å². The molecule has 0 atom stereocenters. The SMILES string of the molecule is CC.CCCC1CCC(CCc2ccc(C)cc2)CC1. The molecule has 0 spiro atoms. The highest BCUT2D eigenvalue weighted by Crippen LogP contribution is 2.33. The second kappa shape index (κ2) is 10.0. The van der Waals surface area contributed by atoms with E-state index in [0.29, 0.717) is 0 Å². The van der Waals surface area contributed by atoms with Crippen LogP contribution in [0.25, 0.3) is 0 Å². The molecule has 0 unspecified atom stereocenters. The second-order valence-corrected chi connectivity index (χ2v) is 6.20. The Balaban J connectivity index is 0.000000956. The molecule has 0 aromatic heterocycles. The molecule has 1 fully saturated rings. The third kappa shape index (κ3) is 6.11. The summed E-state index contributed by atoms with van der Waals surface area (Å²) < 4.78 is 0. The van der Waals surface area contributed by atoms with Crippen LogP contribution in [0.3, 0.4) is 0 Å². The zero-order valence-corrected chi connectivity index (χ0v) is 14.1. The van der Waals surface area contributed by atoms with E-state index < -0.39 is 0 Å². The molecule has 1 aromatic rings. The number of aryl methyl sites for hydroxylation is 2. The van der Waals surface area contributed by atoms with Gasteiger partial charge in [0, 0.05) is 0 Å². The minimum Gasteiger partial charge on any atom is -0.0683 e. The first-order valence-corrected chi connectivity index (χ1v) is 8.83. The molecule has 0 nitrogen and oxygen atoms in total. The molecule has 0 aliphatic heterocycles. The van der Waals surface area contributed by atoms with Crippen LogP contribution in [-0.4, -0.2) is 0 Å². The van der Waals surface area contributed by atoms with Crippen molar-refractivity contribution in [3.8, 4) is 0 Å². The molecule has 0 bridgehead atoms. The van der Waals surface area contributed by atoms with Crippen molar-refractivity contribution in [2.75, 3.05) is 0 Å². The summed E-state index contributed by atoms with van der Waals surface area (Å²) in [6.45, 7) is 8.49. The molecule has 1 aliphatic rings. The molecule has 0 heterocycles. The highest BCUT2D eigenvalue weighted by molar-refractivity contribution is 5.21. The van der Waals surface area contributed by atoms with Gasteiger partial charge in [-0.25, -0.2) is 0 Å². The third-order valence-corrected chi connectivity index (χ3v) is 4.63. The molecule has 114 valence electrons. The van der Waals surface area contributed by atoms with Crippen LogP contribution in [0.15, 0.2) is 24.3 Å². The van der Waals surface area contributed by atoms with E-state index in [1.165, 1.54) is 62.5 Å². The van der Waals surface area contributed by atoms with Crippen LogP contribution in [0.5, 0.6) is 0 Å². The van der Waals surface area contributed by atoms with Gasteiger partial charge < -0.3 is 0 Å². The topological polar surface area (TPSA) is 0 Å². The predicted octanol–water partition coefficient (Wildman–Crippen LogP) is 6.56. The van der Waals surface area contributed by atoms with Gasteiger partial charge in [0.15, 0.2) is 0 Å². The number of rotatable bonds is 5. The lowest BCUT2D eigenvalue weighted by Crippen LogP contribution is -2.15. The lowest BCUT2D eigenvalue weighted by molar-refractivity contribution is 0.252. The summed E-state index contributed by atoms with van der Waals surface area (Å²) >= 11 is 0. The van der Waals surface area contributed by atoms with Gasteiger partial charge >= 0.3 is 0 Å². The molecule has 0 radical (unpaired) electrons. The molecule has 20 heavy (non-hydrogen) atoms. The minimum atomic E-state index is 0.999. The van der Waals surface area contributed by atoms with Gasteiger partial charge in [0.2, 0.25) is 0 Å². The fourth-order valence-electron chi connectivity index (χ4n) is 3.34. The van der Waals surface area contributed by atoms with Gasteiger partial charge in [0.25, 0.3) is 0 Å². The average Bonchev–Trinajstić information content (AvgIpc) is 2.50. The van der Waals surface area contributed by atoms with E-state index in [9.17, 15) is 0 Å². The number of hydrogen-bond acceptors (Lipinski definition) is 0. The maximum atomic E-state index is 2.32. The van der Waals surface area contributed by atoms with Crippen molar-refractivity contribution in [3.63, 3.8) is 0 Å². The fraction of sp³-hybridized carbons (Fsp3) is 0.700.